The van der Waals surface area contributed by atoms with Crippen LogP contribution in [0.25, 0.3) is 0 Å². The smallest absolute Gasteiger partial charge is 0.479 e. The predicted octanol–water partition coefficient (Wildman–Crippen LogP) is 4.63. The standard InChI is InChI=1S/C20H18F3NO4S/c1-25-16-3-2-11-6-15-13-8-18-17(26-10-27-18)7-12(13)4-5-24(15)9-14(11)19(16)28-29-20(21,22)23/h2-3,7-8,15H,4-6,9-10H2,1H3. The highest BCUT2D eigenvalue weighted by Crippen LogP contribution is 2.48. The monoisotopic (exact) mass is 425 g/mol. The third kappa shape index (κ3) is 3.36. The second-order valence-corrected chi connectivity index (χ2v) is 7.99. The summed E-state index contributed by atoms with van der Waals surface area (Å²) in [5, 5.41) is 0. The minimum absolute atomic E-state index is 0.136. The maximum absolute atomic E-state index is 12.7. The Morgan fingerprint density at radius 2 is 1.93 bits per heavy atom. The van der Waals surface area contributed by atoms with Crippen molar-refractivity contribution >= 4 is 12.0 Å². The molecule has 0 bridgehead atoms. The van der Waals surface area contributed by atoms with Gasteiger partial charge in [-0.2, -0.15) is 13.2 Å². The molecule has 3 heterocycles. The lowest BCUT2D eigenvalue weighted by Crippen LogP contribution is -2.39. The van der Waals surface area contributed by atoms with Gasteiger partial charge in [-0.25, -0.2) is 0 Å². The van der Waals surface area contributed by atoms with E-state index in [1.165, 1.54) is 18.2 Å². The highest BCUT2D eigenvalue weighted by molar-refractivity contribution is 7.95. The summed E-state index contributed by atoms with van der Waals surface area (Å²) in [6, 6.07) is 7.81. The van der Waals surface area contributed by atoms with Crippen LogP contribution in [-0.2, 0) is 19.4 Å². The Bertz CT molecular complexity index is 966. The average molecular weight is 425 g/mol. The molecule has 0 aliphatic carbocycles. The summed E-state index contributed by atoms with van der Waals surface area (Å²) in [5.74, 6) is 1.98. The second kappa shape index (κ2) is 6.91. The molecule has 154 valence electrons. The van der Waals surface area contributed by atoms with Gasteiger partial charge in [-0.15, -0.1) is 0 Å². The Hall–Kier alpha value is -2.26. The molecule has 1 unspecified atom stereocenters. The lowest BCUT2D eigenvalue weighted by molar-refractivity contribution is -0.0370. The predicted molar refractivity (Wildman–Crippen MR) is 100 cm³/mol. The third-order valence-corrected chi connectivity index (χ3v) is 6.08. The van der Waals surface area contributed by atoms with Gasteiger partial charge in [0.25, 0.3) is 0 Å². The number of hydrogen-bond acceptors (Lipinski definition) is 6. The van der Waals surface area contributed by atoms with Gasteiger partial charge in [-0.3, -0.25) is 4.90 Å². The summed E-state index contributed by atoms with van der Waals surface area (Å²) < 4.78 is 59.6. The molecule has 0 N–H and O–H groups in total. The molecule has 0 amide bonds. The Labute approximate surface area is 169 Å². The Morgan fingerprint density at radius 3 is 2.69 bits per heavy atom. The molecule has 29 heavy (non-hydrogen) atoms. The first-order valence-corrected chi connectivity index (χ1v) is 9.95. The fourth-order valence-corrected chi connectivity index (χ4v) is 4.70. The van der Waals surface area contributed by atoms with Crippen molar-refractivity contribution in [2.24, 2.45) is 0 Å². The van der Waals surface area contributed by atoms with E-state index in [4.69, 9.17) is 18.4 Å². The van der Waals surface area contributed by atoms with Gasteiger partial charge in [0.2, 0.25) is 6.79 Å². The van der Waals surface area contributed by atoms with Crippen molar-refractivity contribution < 1.29 is 31.6 Å². The van der Waals surface area contributed by atoms with Crippen LogP contribution in [0.3, 0.4) is 0 Å². The molecule has 2 aromatic carbocycles. The quantitative estimate of drug-likeness (QED) is 0.668. The number of methoxy groups -OCH3 is 1. The van der Waals surface area contributed by atoms with E-state index in [0.29, 0.717) is 18.7 Å². The number of benzene rings is 2. The van der Waals surface area contributed by atoms with Crippen LogP contribution >= 0.6 is 12.0 Å². The molecule has 3 aliphatic heterocycles. The molecule has 0 saturated carbocycles. The van der Waals surface area contributed by atoms with Crippen molar-refractivity contribution in [3.05, 3.63) is 46.5 Å². The van der Waals surface area contributed by atoms with Crippen LogP contribution < -0.4 is 18.4 Å². The molecule has 1 atom stereocenters. The van der Waals surface area contributed by atoms with Gasteiger partial charge in [0.1, 0.15) is 0 Å². The molecule has 0 aromatic heterocycles. The van der Waals surface area contributed by atoms with E-state index in [1.807, 2.05) is 18.2 Å². The molecule has 3 aliphatic rings. The average Bonchev–Trinajstić information content (AvgIpc) is 3.15. The largest absolute Gasteiger partial charge is 0.493 e. The zero-order chi connectivity index (χ0) is 20.2. The van der Waals surface area contributed by atoms with Crippen LogP contribution in [0, 0.1) is 0 Å². The van der Waals surface area contributed by atoms with E-state index in [2.05, 4.69) is 4.90 Å². The van der Waals surface area contributed by atoms with E-state index in [0.717, 1.165) is 35.6 Å². The summed E-state index contributed by atoms with van der Waals surface area (Å²) in [5.41, 5.74) is -0.347. The first kappa shape index (κ1) is 18.7. The number of rotatable bonds is 3. The number of fused-ring (bicyclic) bond motifs is 5. The van der Waals surface area contributed by atoms with Crippen LogP contribution in [0.2, 0.25) is 0 Å². The van der Waals surface area contributed by atoms with Crippen LogP contribution in [0.5, 0.6) is 23.0 Å². The van der Waals surface area contributed by atoms with Crippen LogP contribution in [-0.4, -0.2) is 30.9 Å². The normalized spacial score (nSPS) is 19.9. The fourth-order valence-electron chi connectivity index (χ4n) is 4.34. The first-order chi connectivity index (χ1) is 13.9. The number of nitrogens with zero attached hydrogens (tertiary/aromatic N) is 1. The van der Waals surface area contributed by atoms with E-state index in [1.54, 1.807) is 6.07 Å². The maximum Gasteiger partial charge on any atom is 0.479 e. The van der Waals surface area contributed by atoms with Crippen LogP contribution in [0.15, 0.2) is 24.3 Å². The summed E-state index contributed by atoms with van der Waals surface area (Å²) >= 11 is -0.509. The van der Waals surface area contributed by atoms with E-state index < -0.39 is 17.6 Å². The van der Waals surface area contributed by atoms with E-state index in [9.17, 15) is 13.2 Å². The summed E-state index contributed by atoms with van der Waals surface area (Å²) in [6.45, 7) is 1.53. The molecule has 2 aromatic rings. The van der Waals surface area contributed by atoms with Crippen molar-refractivity contribution in [1.29, 1.82) is 0 Å². The van der Waals surface area contributed by atoms with E-state index >= 15 is 0 Å². The zero-order valence-electron chi connectivity index (χ0n) is 15.5. The van der Waals surface area contributed by atoms with Crippen LogP contribution in [0.1, 0.15) is 28.3 Å². The third-order valence-electron chi connectivity index (χ3n) is 5.64. The molecular weight excluding hydrogens is 407 g/mol. The minimum Gasteiger partial charge on any atom is -0.493 e. The summed E-state index contributed by atoms with van der Waals surface area (Å²) in [4.78, 5) is 2.28. The lowest BCUT2D eigenvalue weighted by Gasteiger charge is -2.41. The Morgan fingerprint density at radius 1 is 1.14 bits per heavy atom. The SMILES string of the molecule is COc1ccc2c(c1OSC(F)(F)F)CN1CCc3cc4c(cc3C1C2)OCO4. The van der Waals surface area contributed by atoms with Crippen molar-refractivity contribution in [3.63, 3.8) is 0 Å². The molecule has 5 nitrogen and oxygen atoms in total. The van der Waals surface area contributed by atoms with Gasteiger partial charge in [0, 0.05) is 24.7 Å². The minimum atomic E-state index is -4.49. The van der Waals surface area contributed by atoms with Gasteiger partial charge >= 0.3 is 5.51 Å². The van der Waals surface area contributed by atoms with Crippen molar-refractivity contribution in [2.45, 2.75) is 30.9 Å². The Balaban J connectivity index is 1.50. The molecular formula is C20H18F3NO4S. The second-order valence-electron chi connectivity index (χ2n) is 7.19. The molecule has 5 rings (SSSR count). The first-order valence-electron chi connectivity index (χ1n) is 9.20. The fraction of sp³-hybridized carbons (Fsp3) is 0.400. The highest BCUT2D eigenvalue weighted by Gasteiger charge is 2.37. The number of ether oxygens (including phenoxy) is 3. The number of hydrogen-bond donors (Lipinski definition) is 0. The highest BCUT2D eigenvalue weighted by atomic mass is 32.2. The number of halogens is 3. The summed E-state index contributed by atoms with van der Waals surface area (Å²) in [7, 11) is 1.43. The molecule has 0 spiro atoms. The summed E-state index contributed by atoms with van der Waals surface area (Å²) in [6.07, 6.45) is 1.52. The Kier molecular flexibility index (Phi) is 4.47. The van der Waals surface area contributed by atoms with Crippen molar-refractivity contribution in [1.82, 2.24) is 4.90 Å². The van der Waals surface area contributed by atoms with Gasteiger partial charge in [0.05, 0.1) is 7.11 Å². The van der Waals surface area contributed by atoms with Gasteiger partial charge < -0.3 is 18.4 Å². The maximum atomic E-state index is 12.7. The van der Waals surface area contributed by atoms with Gasteiger partial charge in [-0.1, -0.05) is 6.07 Å². The van der Waals surface area contributed by atoms with Gasteiger partial charge in [0.15, 0.2) is 35.0 Å². The van der Waals surface area contributed by atoms with E-state index in [-0.39, 0.29) is 18.6 Å². The van der Waals surface area contributed by atoms with Gasteiger partial charge in [-0.05, 0) is 47.7 Å². The molecule has 0 saturated heterocycles. The molecule has 0 radical (unpaired) electrons. The topological polar surface area (TPSA) is 40.2 Å². The molecule has 0 fully saturated rings. The van der Waals surface area contributed by atoms with Crippen molar-refractivity contribution in [3.8, 4) is 23.0 Å². The number of alkyl halides is 3. The van der Waals surface area contributed by atoms with Crippen LogP contribution in [0.4, 0.5) is 13.2 Å². The van der Waals surface area contributed by atoms with Crippen molar-refractivity contribution in [2.75, 3.05) is 20.4 Å². The zero-order valence-corrected chi connectivity index (χ0v) is 16.4. The lowest BCUT2D eigenvalue weighted by atomic mass is 9.83. The molecule has 9 heteroatoms.